The summed E-state index contributed by atoms with van der Waals surface area (Å²) in [5, 5.41) is 0. The van der Waals surface area contributed by atoms with Crippen LogP contribution in [-0.4, -0.2) is 48.3 Å². The highest BCUT2D eigenvalue weighted by atomic mass is 32.2. The van der Waals surface area contributed by atoms with Gasteiger partial charge in [0.2, 0.25) is 0 Å². The first-order chi connectivity index (χ1) is 9.30. The summed E-state index contributed by atoms with van der Waals surface area (Å²) in [6.07, 6.45) is 0. The van der Waals surface area contributed by atoms with E-state index in [0.717, 1.165) is 0 Å². The molecule has 1 fully saturated rings. The SMILES string of the molecule is CC1CS(=O)(=O)CCN1C(=O)c1cccc(C(N)=S)c1. The van der Waals surface area contributed by atoms with Gasteiger partial charge in [-0.3, -0.25) is 4.79 Å². The Bertz CT molecular complexity index is 655. The van der Waals surface area contributed by atoms with Crippen molar-refractivity contribution in [1.29, 1.82) is 0 Å². The molecular weight excluding hydrogens is 296 g/mol. The molecule has 0 saturated carbocycles. The molecular formula is C13H16N2O3S2. The molecule has 1 amide bonds. The van der Waals surface area contributed by atoms with E-state index in [0.29, 0.717) is 11.1 Å². The van der Waals surface area contributed by atoms with Crippen LogP contribution in [0.15, 0.2) is 24.3 Å². The summed E-state index contributed by atoms with van der Waals surface area (Å²) in [6.45, 7) is 1.96. The molecule has 108 valence electrons. The number of amides is 1. The van der Waals surface area contributed by atoms with Gasteiger partial charge in [0.25, 0.3) is 5.91 Å². The van der Waals surface area contributed by atoms with E-state index in [9.17, 15) is 13.2 Å². The van der Waals surface area contributed by atoms with Gasteiger partial charge in [0.15, 0.2) is 9.84 Å². The van der Waals surface area contributed by atoms with E-state index in [1.54, 1.807) is 36.1 Å². The van der Waals surface area contributed by atoms with Gasteiger partial charge in [-0.1, -0.05) is 24.4 Å². The zero-order valence-electron chi connectivity index (χ0n) is 11.1. The van der Waals surface area contributed by atoms with Crippen LogP contribution in [0, 0.1) is 0 Å². The van der Waals surface area contributed by atoms with Crippen LogP contribution in [0.2, 0.25) is 0 Å². The van der Waals surface area contributed by atoms with Crippen LogP contribution in [0.5, 0.6) is 0 Å². The van der Waals surface area contributed by atoms with Gasteiger partial charge in [-0.05, 0) is 19.1 Å². The highest BCUT2D eigenvalue weighted by Crippen LogP contribution is 2.16. The molecule has 0 spiro atoms. The number of thiocarbonyl (C=S) groups is 1. The summed E-state index contributed by atoms with van der Waals surface area (Å²) in [5.41, 5.74) is 6.65. The fraction of sp³-hybridized carbons (Fsp3) is 0.385. The van der Waals surface area contributed by atoms with Gasteiger partial charge in [-0.15, -0.1) is 0 Å². The van der Waals surface area contributed by atoms with Gasteiger partial charge < -0.3 is 10.6 Å². The van der Waals surface area contributed by atoms with Gasteiger partial charge in [0, 0.05) is 23.7 Å². The predicted octanol–water partition coefficient (Wildman–Crippen LogP) is 0.580. The maximum absolute atomic E-state index is 12.4. The highest BCUT2D eigenvalue weighted by Gasteiger charge is 2.31. The molecule has 5 nitrogen and oxygen atoms in total. The average Bonchev–Trinajstić information content (AvgIpc) is 2.37. The second kappa shape index (κ2) is 5.49. The maximum atomic E-state index is 12.4. The molecule has 20 heavy (non-hydrogen) atoms. The summed E-state index contributed by atoms with van der Waals surface area (Å²) >= 11 is 4.89. The Morgan fingerprint density at radius 3 is 2.65 bits per heavy atom. The van der Waals surface area contributed by atoms with E-state index in [1.165, 1.54) is 0 Å². The Morgan fingerprint density at radius 2 is 2.05 bits per heavy atom. The molecule has 1 aliphatic heterocycles. The number of sulfone groups is 1. The molecule has 1 aromatic carbocycles. The second-order valence-corrected chi connectivity index (χ2v) is 7.58. The molecule has 1 saturated heterocycles. The molecule has 2 rings (SSSR count). The van der Waals surface area contributed by atoms with Gasteiger partial charge in [-0.2, -0.15) is 0 Å². The topological polar surface area (TPSA) is 80.5 Å². The van der Waals surface area contributed by atoms with Crippen LogP contribution in [0.4, 0.5) is 0 Å². The van der Waals surface area contributed by atoms with E-state index in [1.807, 2.05) is 0 Å². The van der Waals surface area contributed by atoms with Crippen molar-refractivity contribution in [1.82, 2.24) is 4.90 Å². The molecule has 1 aromatic rings. The number of carbonyl (C=O) groups excluding carboxylic acids is 1. The Morgan fingerprint density at radius 1 is 1.40 bits per heavy atom. The smallest absolute Gasteiger partial charge is 0.254 e. The standard InChI is InChI=1S/C13H16N2O3S2/c1-9-8-20(17,18)6-5-15(9)13(16)11-4-2-3-10(7-11)12(14)19/h2-4,7,9H,5-6,8H2,1H3,(H2,14,19). The van der Waals surface area contributed by atoms with Crippen LogP contribution in [0.3, 0.4) is 0 Å². The predicted molar refractivity (Wildman–Crippen MR) is 81.5 cm³/mol. The summed E-state index contributed by atoms with van der Waals surface area (Å²) in [5.74, 6) is -0.170. The molecule has 1 unspecified atom stereocenters. The Balaban J connectivity index is 2.24. The summed E-state index contributed by atoms with van der Waals surface area (Å²) in [6, 6.07) is 6.45. The quantitative estimate of drug-likeness (QED) is 0.808. The van der Waals surface area contributed by atoms with Crippen LogP contribution in [-0.2, 0) is 9.84 Å². The number of carbonyl (C=O) groups is 1. The van der Waals surface area contributed by atoms with Gasteiger partial charge in [0.1, 0.15) is 4.99 Å². The zero-order chi connectivity index (χ0) is 14.9. The lowest BCUT2D eigenvalue weighted by Crippen LogP contribution is -2.49. The van der Waals surface area contributed by atoms with Crippen molar-refractivity contribution in [3.8, 4) is 0 Å². The van der Waals surface area contributed by atoms with Crippen LogP contribution < -0.4 is 5.73 Å². The first-order valence-electron chi connectivity index (χ1n) is 6.21. The first kappa shape index (κ1) is 14.9. The number of nitrogens with two attached hydrogens (primary N) is 1. The highest BCUT2D eigenvalue weighted by molar-refractivity contribution is 7.91. The number of benzene rings is 1. The summed E-state index contributed by atoms with van der Waals surface area (Å²) in [7, 11) is -3.04. The van der Waals surface area contributed by atoms with Crippen molar-refractivity contribution < 1.29 is 13.2 Å². The molecule has 1 aliphatic rings. The Labute approximate surface area is 123 Å². The second-order valence-electron chi connectivity index (χ2n) is 4.91. The lowest BCUT2D eigenvalue weighted by atomic mass is 10.1. The molecule has 2 N–H and O–H groups in total. The van der Waals surface area contributed by atoms with Crippen molar-refractivity contribution in [3.05, 3.63) is 35.4 Å². The van der Waals surface area contributed by atoms with Crippen LogP contribution in [0.25, 0.3) is 0 Å². The maximum Gasteiger partial charge on any atom is 0.254 e. The van der Waals surface area contributed by atoms with Gasteiger partial charge >= 0.3 is 0 Å². The Kier molecular flexibility index (Phi) is 4.10. The molecule has 0 bridgehead atoms. The van der Waals surface area contributed by atoms with E-state index in [2.05, 4.69) is 0 Å². The normalized spacial score (nSPS) is 21.4. The minimum Gasteiger partial charge on any atom is -0.389 e. The van der Waals surface area contributed by atoms with Crippen molar-refractivity contribution in [2.75, 3.05) is 18.1 Å². The van der Waals surface area contributed by atoms with Crippen molar-refractivity contribution in [3.63, 3.8) is 0 Å². The number of hydrogen-bond acceptors (Lipinski definition) is 4. The minimum atomic E-state index is -3.04. The largest absolute Gasteiger partial charge is 0.389 e. The van der Waals surface area contributed by atoms with Crippen molar-refractivity contribution in [2.45, 2.75) is 13.0 Å². The van der Waals surface area contributed by atoms with E-state index in [4.69, 9.17) is 18.0 Å². The zero-order valence-corrected chi connectivity index (χ0v) is 12.7. The number of rotatable bonds is 2. The monoisotopic (exact) mass is 312 g/mol. The third-order valence-electron chi connectivity index (χ3n) is 3.33. The van der Waals surface area contributed by atoms with E-state index in [-0.39, 0.29) is 35.0 Å². The van der Waals surface area contributed by atoms with Crippen molar-refractivity contribution >= 4 is 33.0 Å². The molecule has 0 radical (unpaired) electrons. The molecule has 0 aromatic heterocycles. The molecule has 1 heterocycles. The lowest BCUT2D eigenvalue weighted by molar-refractivity contribution is 0.0712. The van der Waals surface area contributed by atoms with Crippen molar-refractivity contribution in [2.24, 2.45) is 5.73 Å². The summed E-state index contributed by atoms with van der Waals surface area (Å²) in [4.78, 5) is 14.3. The Hall–Kier alpha value is -1.47. The van der Waals surface area contributed by atoms with E-state index < -0.39 is 9.84 Å². The number of hydrogen-bond donors (Lipinski definition) is 1. The third-order valence-corrected chi connectivity index (χ3v) is 5.36. The average molecular weight is 312 g/mol. The minimum absolute atomic E-state index is 0.00767. The molecule has 0 aliphatic carbocycles. The fourth-order valence-electron chi connectivity index (χ4n) is 2.27. The van der Waals surface area contributed by atoms with Gasteiger partial charge in [0.05, 0.1) is 11.5 Å². The van der Waals surface area contributed by atoms with E-state index >= 15 is 0 Å². The van der Waals surface area contributed by atoms with Gasteiger partial charge in [-0.25, -0.2) is 8.42 Å². The number of nitrogens with zero attached hydrogens (tertiary/aromatic N) is 1. The molecule has 7 heteroatoms. The fourth-order valence-corrected chi connectivity index (χ4v) is 3.96. The lowest BCUT2D eigenvalue weighted by Gasteiger charge is -2.33. The first-order valence-corrected chi connectivity index (χ1v) is 8.44. The third kappa shape index (κ3) is 3.16. The summed E-state index contributed by atoms with van der Waals surface area (Å²) < 4.78 is 23.1. The van der Waals surface area contributed by atoms with Crippen LogP contribution in [0.1, 0.15) is 22.8 Å². The van der Waals surface area contributed by atoms with Crippen LogP contribution >= 0.6 is 12.2 Å². The molecule has 1 atom stereocenters.